The molecule has 0 saturated heterocycles. The highest BCUT2D eigenvalue weighted by Crippen LogP contribution is 2.43. The third-order valence-electron chi connectivity index (χ3n) is 5.28. The molecule has 31 heavy (non-hydrogen) atoms. The molecule has 8 nitrogen and oxygen atoms in total. The molecule has 162 valence electrons. The summed E-state index contributed by atoms with van der Waals surface area (Å²) in [5.74, 6) is -1.07. The van der Waals surface area contributed by atoms with Crippen LogP contribution in [0.25, 0.3) is 22.0 Å². The molecule has 3 aromatic rings. The van der Waals surface area contributed by atoms with E-state index in [9.17, 15) is 24.5 Å². The van der Waals surface area contributed by atoms with Gasteiger partial charge in [0.1, 0.15) is 5.82 Å². The summed E-state index contributed by atoms with van der Waals surface area (Å²) in [4.78, 5) is 12.8. The van der Waals surface area contributed by atoms with Crippen LogP contribution in [0.5, 0.6) is 17.2 Å². The fourth-order valence-corrected chi connectivity index (χ4v) is 3.91. The predicted octanol–water partition coefficient (Wildman–Crippen LogP) is 1.85. The van der Waals surface area contributed by atoms with Crippen molar-refractivity contribution in [1.82, 2.24) is 9.88 Å². The molecule has 1 aliphatic heterocycles. The summed E-state index contributed by atoms with van der Waals surface area (Å²) in [6.45, 7) is 0.113. The van der Waals surface area contributed by atoms with Crippen LogP contribution in [0.4, 0.5) is 4.39 Å². The van der Waals surface area contributed by atoms with Gasteiger partial charge in [-0.1, -0.05) is 0 Å². The molecule has 1 unspecified atom stereocenters. The van der Waals surface area contributed by atoms with Crippen molar-refractivity contribution < 1.29 is 34.0 Å². The molecule has 0 fully saturated rings. The summed E-state index contributed by atoms with van der Waals surface area (Å²) in [7, 11) is 2.73. The quantitative estimate of drug-likeness (QED) is 0.477. The highest BCUT2D eigenvalue weighted by molar-refractivity contribution is 6.31. The van der Waals surface area contributed by atoms with Crippen molar-refractivity contribution in [2.45, 2.75) is 12.8 Å². The average molecular weight is 428 g/mol. The molecular formula is C22H21FN2O6. The van der Waals surface area contributed by atoms with Gasteiger partial charge in [0.25, 0.3) is 5.91 Å². The third-order valence-corrected chi connectivity index (χ3v) is 5.28. The summed E-state index contributed by atoms with van der Waals surface area (Å²) in [5, 5.41) is 33.2. The Labute approximate surface area is 176 Å². The maximum Gasteiger partial charge on any atom is 0.254 e. The first-order valence-electron chi connectivity index (χ1n) is 9.47. The van der Waals surface area contributed by atoms with Crippen molar-refractivity contribution in [2.24, 2.45) is 0 Å². The van der Waals surface area contributed by atoms with E-state index in [0.29, 0.717) is 22.0 Å². The van der Waals surface area contributed by atoms with E-state index in [0.717, 1.165) is 0 Å². The topological polar surface area (TPSA) is 113 Å². The zero-order chi connectivity index (χ0) is 22.3. The first-order valence-corrected chi connectivity index (χ1v) is 9.47. The minimum atomic E-state index is -1.34. The van der Waals surface area contributed by atoms with E-state index in [-0.39, 0.29) is 41.5 Å². The van der Waals surface area contributed by atoms with Crippen LogP contribution in [-0.2, 0) is 11.3 Å². The third kappa shape index (κ3) is 3.37. The number of methoxy groups -OCH3 is 2. The Morgan fingerprint density at radius 1 is 1.16 bits per heavy atom. The summed E-state index contributed by atoms with van der Waals surface area (Å²) in [6, 6.07) is 7.11. The molecule has 2 heterocycles. The molecule has 4 rings (SSSR count). The smallest absolute Gasteiger partial charge is 0.254 e. The van der Waals surface area contributed by atoms with E-state index < -0.39 is 18.0 Å². The number of phenolic OH excluding ortho intramolecular Hbond substituents is 1. The van der Waals surface area contributed by atoms with Gasteiger partial charge in [0.15, 0.2) is 17.7 Å². The van der Waals surface area contributed by atoms with Crippen LogP contribution >= 0.6 is 0 Å². The monoisotopic (exact) mass is 428 g/mol. The van der Waals surface area contributed by atoms with Crippen LogP contribution in [0.3, 0.4) is 0 Å². The molecule has 1 aliphatic rings. The highest BCUT2D eigenvalue weighted by Gasteiger charge is 2.34. The number of nitrogens with one attached hydrogen (secondary N) is 1. The molecule has 0 spiro atoms. The van der Waals surface area contributed by atoms with Gasteiger partial charge in [-0.3, -0.25) is 4.79 Å². The molecule has 0 bridgehead atoms. The van der Waals surface area contributed by atoms with Gasteiger partial charge in [0.2, 0.25) is 5.75 Å². The molecular weight excluding hydrogens is 407 g/mol. The van der Waals surface area contributed by atoms with Crippen LogP contribution < -0.4 is 14.8 Å². The number of phenols is 1. The number of ether oxygens (including phenoxy) is 2. The number of hydrogen-bond acceptors (Lipinski definition) is 6. The lowest BCUT2D eigenvalue weighted by molar-refractivity contribution is -0.116. The number of nitrogens with zero attached hydrogens (tertiary/aromatic N) is 1. The maximum absolute atomic E-state index is 14.1. The maximum atomic E-state index is 14.1. The number of rotatable bonds is 6. The lowest BCUT2D eigenvalue weighted by Gasteiger charge is -2.13. The van der Waals surface area contributed by atoms with Gasteiger partial charge in [0.05, 0.1) is 26.4 Å². The van der Waals surface area contributed by atoms with Gasteiger partial charge in [-0.15, -0.1) is 0 Å². The minimum absolute atomic E-state index is 0.0872. The van der Waals surface area contributed by atoms with E-state index in [2.05, 4.69) is 5.32 Å². The summed E-state index contributed by atoms with van der Waals surface area (Å²) >= 11 is 0. The number of halogens is 1. The number of carbonyl (C=O) groups excluding carboxylic acids is 1. The van der Waals surface area contributed by atoms with Gasteiger partial charge in [-0.25, -0.2) is 4.39 Å². The first-order chi connectivity index (χ1) is 14.9. The van der Waals surface area contributed by atoms with Crippen molar-refractivity contribution in [3.8, 4) is 17.2 Å². The molecule has 1 amide bonds. The summed E-state index contributed by atoms with van der Waals surface area (Å²) < 4.78 is 26.1. The Morgan fingerprint density at radius 3 is 2.45 bits per heavy atom. The lowest BCUT2D eigenvalue weighted by atomic mass is 9.95. The van der Waals surface area contributed by atoms with E-state index in [4.69, 9.17) is 9.47 Å². The zero-order valence-electron chi connectivity index (χ0n) is 16.8. The summed E-state index contributed by atoms with van der Waals surface area (Å²) in [5.41, 5.74) is 1.80. The second kappa shape index (κ2) is 7.93. The Hall–Kier alpha value is -3.56. The predicted molar refractivity (Wildman–Crippen MR) is 111 cm³/mol. The second-order valence-corrected chi connectivity index (χ2v) is 7.02. The Balaban J connectivity index is 2.03. The number of fused-ring (bicyclic) bond motifs is 1. The van der Waals surface area contributed by atoms with Gasteiger partial charge >= 0.3 is 0 Å². The SMILES string of the molecule is COc1cc(C2=C(c3cn(CCO)c4ccc(F)cc34)C(O)NC2=O)cc(OC)c1O. The van der Waals surface area contributed by atoms with Gasteiger partial charge in [-0.2, -0.15) is 0 Å². The summed E-state index contributed by atoms with van der Waals surface area (Å²) in [6.07, 6.45) is 0.318. The van der Waals surface area contributed by atoms with Crippen LogP contribution in [0, 0.1) is 5.82 Å². The van der Waals surface area contributed by atoms with Crippen molar-refractivity contribution in [2.75, 3.05) is 20.8 Å². The number of hydrogen-bond donors (Lipinski definition) is 4. The second-order valence-electron chi connectivity index (χ2n) is 7.02. The van der Waals surface area contributed by atoms with E-state index in [1.807, 2.05) is 0 Å². The van der Waals surface area contributed by atoms with Gasteiger partial charge < -0.3 is 34.7 Å². The molecule has 2 aromatic carbocycles. The van der Waals surface area contributed by atoms with E-state index in [1.165, 1.54) is 38.5 Å². The molecule has 0 aliphatic carbocycles. The largest absolute Gasteiger partial charge is 0.502 e. The molecule has 4 N–H and O–H groups in total. The molecule has 1 aromatic heterocycles. The Kier molecular flexibility index (Phi) is 5.30. The van der Waals surface area contributed by atoms with Gasteiger partial charge in [-0.05, 0) is 35.9 Å². The van der Waals surface area contributed by atoms with Crippen molar-refractivity contribution in [3.63, 3.8) is 0 Å². The fraction of sp³-hybridized carbons (Fsp3) is 0.227. The lowest BCUT2D eigenvalue weighted by Crippen LogP contribution is -2.27. The van der Waals surface area contributed by atoms with Crippen molar-refractivity contribution in [3.05, 3.63) is 53.5 Å². The minimum Gasteiger partial charge on any atom is -0.502 e. The number of benzene rings is 2. The van der Waals surface area contributed by atoms with Gasteiger partial charge in [0, 0.05) is 34.8 Å². The van der Waals surface area contributed by atoms with Crippen molar-refractivity contribution in [1.29, 1.82) is 0 Å². The first kappa shape index (κ1) is 20.7. The fourth-order valence-electron chi connectivity index (χ4n) is 3.91. The van der Waals surface area contributed by atoms with Crippen LogP contribution in [0.15, 0.2) is 36.5 Å². The Bertz CT molecular complexity index is 1190. The van der Waals surface area contributed by atoms with E-state index >= 15 is 0 Å². The Morgan fingerprint density at radius 2 is 1.84 bits per heavy atom. The number of aromatic nitrogens is 1. The van der Waals surface area contributed by atoms with Crippen LogP contribution in [-0.4, -0.2) is 52.8 Å². The molecule has 0 saturated carbocycles. The number of aromatic hydroxyl groups is 1. The number of aliphatic hydroxyl groups is 2. The zero-order valence-corrected chi connectivity index (χ0v) is 16.8. The number of aliphatic hydroxyl groups excluding tert-OH is 2. The number of carbonyl (C=O) groups is 1. The van der Waals surface area contributed by atoms with E-state index in [1.54, 1.807) is 16.8 Å². The molecule has 0 radical (unpaired) electrons. The standard InChI is InChI=1S/C22H21FN2O6/c1-30-16-7-11(8-17(31-2)20(16)27)18-19(22(29)24-21(18)28)14-10-25(5-6-26)15-4-3-12(23)9-13(14)15/h3-4,7-10,22,26-27,29H,5-6H2,1-2H3,(H,24,28). The van der Waals surface area contributed by atoms with Crippen LogP contribution in [0.1, 0.15) is 11.1 Å². The molecule has 9 heteroatoms. The molecule has 1 atom stereocenters. The van der Waals surface area contributed by atoms with Crippen LogP contribution in [0.2, 0.25) is 0 Å². The number of amides is 1. The normalized spacial score (nSPS) is 16.2. The van der Waals surface area contributed by atoms with Crippen molar-refractivity contribution >= 4 is 28.0 Å². The average Bonchev–Trinajstić information content (AvgIpc) is 3.24. The highest BCUT2D eigenvalue weighted by atomic mass is 19.1.